The van der Waals surface area contributed by atoms with Gasteiger partial charge in [0.1, 0.15) is 0 Å². The highest BCUT2D eigenvalue weighted by Crippen LogP contribution is 2.30. The molecular weight excluding hydrogens is 427 g/mol. The van der Waals surface area contributed by atoms with E-state index in [1.54, 1.807) is 0 Å². The zero-order valence-electron chi connectivity index (χ0n) is 10.3. The topological polar surface area (TPSA) is 38.0 Å². The summed E-state index contributed by atoms with van der Waals surface area (Å²) >= 11 is 18.9. The average Bonchev–Trinajstić information content (AvgIpc) is 2.43. The lowest BCUT2D eigenvalue weighted by molar-refractivity contribution is 0.790. The Bertz CT molecular complexity index is 620. The summed E-state index contributed by atoms with van der Waals surface area (Å²) in [6.45, 7) is 0.457. The summed E-state index contributed by atoms with van der Waals surface area (Å²) in [5.41, 5.74) is 7.83. The molecule has 0 aliphatic heterocycles. The maximum Gasteiger partial charge on any atom is 0.0636 e. The van der Waals surface area contributed by atoms with Gasteiger partial charge in [0.25, 0.3) is 0 Å². The van der Waals surface area contributed by atoms with Crippen LogP contribution in [-0.2, 0) is 0 Å². The fraction of sp³-hybridized carbons (Fsp3) is 0.143. The summed E-state index contributed by atoms with van der Waals surface area (Å²) in [6.07, 6.45) is 0. The Labute approximate surface area is 144 Å². The van der Waals surface area contributed by atoms with Crippen LogP contribution < -0.4 is 11.1 Å². The number of benzene rings is 2. The number of rotatable bonds is 4. The number of halogens is 4. The second-order valence-electron chi connectivity index (χ2n) is 4.24. The highest BCUT2D eigenvalue weighted by atomic mass is 79.9. The zero-order valence-corrected chi connectivity index (χ0v) is 15.0. The van der Waals surface area contributed by atoms with Gasteiger partial charge in [-0.3, -0.25) is 0 Å². The van der Waals surface area contributed by atoms with Crippen LogP contribution in [-0.4, -0.2) is 6.54 Å². The molecule has 3 N–H and O–H groups in total. The summed E-state index contributed by atoms with van der Waals surface area (Å²) in [5, 5.41) is 4.71. The van der Waals surface area contributed by atoms with E-state index in [0.29, 0.717) is 16.6 Å². The number of hydrogen-bond donors (Lipinski definition) is 2. The van der Waals surface area contributed by atoms with Crippen molar-refractivity contribution >= 4 is 60.7 Å². The van der Waals surface area contributed by atoms with Gasteiger partial charge in [0.15, 0.2) is 0 Å². The van der Waals surface area contributed by atoms with E-state index >= 15 is 0 Å². The second-order valence-corrected chi connectivity index (χ2v) is 6.76. The van der Waals surface area contributed by atoms with Gasteiger partial charge in [0.05, 0.1) is 16.1 Å². The third kappa shape index (κ3) is 3.89. The molecule has 2 aromatic carbocycles. The number of anilines is 1. The maximum atomic E-state index is 6.12. The lowest BCUT2D eigenvalue weighted by atomic mass is 10.1. The highest BCUT2D eigenvalue weighted by molar-refractivity contribution is 9.10. The second kappa shape index (κ2) is 7.14. The molecule has 0 saturated carbocycles. The molecule has 2 nitrogen and oxygen atoms in total. The van der Waals surface area contributed by atoms with E-state index in [9.17, 15) is 0 Å². The summed E-state index contributed by atoms with van der Waals surface area (Å²) in [4.78, 5) is 0. The monoisotopic (exact) mass is 436 g/mol. The fourth-order valence-corrected chi connectivity index (χ4v) is 2.73. The minimum absolute atomic E-state index is 0.0197. The first-order chi connectivity index (χ1) is 9.51. The molecule has 0 spiro atoms. The molecule has 0 fully saturated rings. The molecule has 20 heavy (non-hydrogen) atoms. The minimum atomic E-state index is -0.0197. The maximum absolute atomic E-state index is 6.12. The Morgan fingerprint density at radius 2 is 1.75 bits per heavy atom. The molecule has 1 unspecified atom stereocenters. The lowest BCUT2D eigenvalue weighted by Gasteiger charge is -2.19. The molecule has 1 atom stereocenters. The van der Waals surface area contributed by atoms with Gasteiger partial charge in [-0.2, -0.15) is 0 Å². The first kappa shape index (κ1) is 16.1. The molecule has 106 valence electrons. The fourth-order valence-electron chi connectivity index (χ4n) is 1.79. The first-order valence-electron chi connectivity index (χ1n) is 5.88. The molecule has 0 aromatic heterocycles. The molecular formula is C14H12Br2Cl2N2. The summed E-state index contributed by atoms with van der Waals surface area (Å²) in [7, 11) is 0. The number of nitrogens with one attached hydrogen (secondary N) is 1. The van der Waals surface area contributed by atoms with Crippen molar-refractivity contribution in [1.82, 2.24) is 0 Å². The van der Waals surface area contributed by atoms with E-state index in [4.69, 9.17) is 28.9 Å². The minimum Gasteiger partial charge on any atom is -0.377 e. The van der Waals surface area contributed by atoms with Gasteiger partial charge in [0, 0.05) is 21.2 Å². The molecule has 0 radical (unpaired) electrons. The van der Waals surface area contributed by atoms with E-state index in [1.807, 2.05) is 36.4 Å². The Morgan fingerprint density at radius 1 is 1.00 bits per heavy atom. The van der Waals surface area contributed by atoms with Crippen molar-refractivity contribution < 1.29 is 0 Å². The van der Waals surface area contributed by atoms with E-state index in [-0.39, 0.29) is 6.04 Å². The normalized spacial score (nSPS) is 12.2. The smallest absolute Gasteiger partial charge is 0.0636 e. The van der Waals surface area contributed by atoms with Crippen LogP contribution in [0.3, 0.4) is 0 Å². The zero-order chi connectivity index (χ0) is 14.7. The molecule has 0 bridgehead atoms. The lowest BCUT2D eigenvalue weighted by Crippen LogP contribution is -2.20. The van der Waals surface area contributed by atoms with Crippen LogP contribution in [0.25, 0.3) is 0 Å². The van der Waals surface area contributed by atoms with Gasteiger partial charge in [0.2, 0.25) is 0 Å². The van der Waals surface area contributed by atoms with E-state index in [2.05, 4.69) is 37.2 Å². The summed E-state index contributed by atoms with van der Waals surface area (Å²) in [5.74, 6) is 0. The molecule has 0 heterocycles. The Balaban J connectivity index is 2.23. The Hall–Kier alpha value is -0.260. The molecule has 6 heteroatoms. The Morgan fingerprint density at radius 3 is 2.35 bits per heavy atom. The quantitative estimate of drug-likeness (QED) is 0.649. The van der Waals surface area contributed by atoms with E-state index < -0.39 is 0 Å². The number of hydrogen-bond acceptors (Lipinski definition) is 2. The van der Waals surface area contributed by atoms with Crippen LogP contribution >= 0.6 is 55.1 Å². The number of nitrogens with two attached hydrogens (primary N) is 1. The van der Waals surface area contributed by atoms with Crippen LogP contribution in [0.5, 0.6) is 0 Å². The summed E-state index contributed by atoms with van der Waals surface area (Å²) < 4.78 is 1.71. The Kier molecular flexibility index (Phi) is 5.75. The van der Waals surface area contributed by atoms with E-state index in [1.165, 1.54) is 0 Å². The SMILES string of the molecule is NCC(Nc1ccc(Cl)c(Br)c1)c1ccc(Br)c(Cl)c1. The third-order valence-corrected chi connectivity index (χ3v) is 5.29. The van der Waals surface area contributed by atoms with Crippen LogP contribution in [0.1, 0.15) is 11.6 Å². The van der Waals surface area contributed by atoms with Crippen LogP contribution in [0.4, 0.5) is 5.69 Å². The van der Waals surface area contributed by atoms with Crippen LogP contribution in [0.15, 0.2) is 45.3 Å². The largest absolute Gasteiger partial charge is 0.377 e. The van der Waals surface area contributed by atoms with Crippen molar-refractivity contribution in [2.45, 2.75) is 6.04 Å². The molecule has 0 aliphatic carbocycles. The van der Waals surface area contributed by atoms with Crippen molar-refractivity contribution in [3.8, 4) is 0 Å². The van der Waals surface area contributed by atoms with Gasteiger partial charge >= 0.3 is 0 Å². The van der Waals surface area contributed by atoms with Crippen LogP contribution in [0, 0.1) is 0 Å². The predicted molar refractivity (Wildman–Crippen MR) is 93.7 cm³/mol. The van der Waals surface area contributed by atoms with Gasteiger partial charge in [-0.1, -0.05) is 29.3 Å². The first-order valence-corrected chi connectivity index (χ1v) is 8.22. The molecule has 0 amide bonds. The van der Waals surface area contributed by atoms with Gasteiger partial charge in [-0.25, -0.2) is 0 Å². The molecule has 0 aliphatic rings. The standard InChI is InChI=1S/C14H12Br2Cl2N2/c15-10-3-1-8(5-13(10)18)14(7-19)20-9-2-4-12(17)11(16)6-9/h1-6,14,20H,7,19H2. The molecule has 2 aromatic rings. The van der Waals surface area contributed by atoms with Crippen molar-refractivity contribution in [1.29, 1.82) is 0 Å². The van der Waals surface area contributed by atoms with E-state index in [0.717, 1.165) is 20.2 Å². The van der Waals surface area contributed by atoms with Gasteiger partial charge in [-0.15, -0.1) is 0 Å². The van der Waals surface area contributed by atoms with Gasteiger partial charge in [-0.05, 0) is 67.8 Å². The van der Waals surface area contributed by atoms with Crippen LogP contribution in [0.2, 0.25) is 10.0 Å². The highest BCUT2D eigenvalue weighted by Gasteiger charge is 2.11. The van der Waals surface area contributed by atoms with Crippen molar-refractivity contribution in [2.75, 3.05) is 11.9 Å². The van der Waals surface area contributed by atoms with Crippen molar-refractivity contribution in [3.63, 3.8) is 0 Å². The average molecular weight is 439 g/mol. The molecule has 0 saturated heterocycles. The van der Waals surface area contributed by atoms with Crippen molar-refractivity contribution in [3.05, 3.63) is 61.0 Å². The third-order valence-electron chi connectivity index (χ3n) is 2.84. The van der Waals surface area contributed by atoms with Crippen molar-refractivity contribution in [2.24, 2.45) is 5.73 Å². The summed E-state index contributed by atoms with van der Waals surface area (Å²) in [6, 6.07) is 11.5. The van der Waals surface area contributed by atoms with Gasteiger partial charge < -0.3 is 11.1 Å². The predicted octanol–water partition coefficient (Wildman–Crippen LogP) is 5.63. The molecule has 2 rings (SSSR count).